The van der Waals surface area contributed by atoms with Crippen LogP contribution in [0.2, 0.25) is 0 Å². The van der Waals surface area contributed by atoms with E-state index in [2.05, 4.69) is 17.1 Å². The summed E-state index contributed by atoms with van der Waals surface area (Å²) in [5.74, 6) is 0.334. The summed E-state index contributed by atoms with van der Waals surface area (Å²) in [7, 11) is 1.39. The third-order valence-corrected chi connectivity index (χ3v) is 4.75. The molecule has 4 nitrogen and oxygen atoms in total. The monoisotopic (exact) mass is 312 g/mol. The highest BCUT2D eigenvalue weighted by Gasteiger charge is 2.21. The molecule has 0 aliphatic carbocycles. The Kier molecular flexibility index (Phi) is 4.99. The third-order valence-electron chi connectivity index (χ3n) is 3.43. The Morgan fingerprint density at radius 1 is 1.60 bits per heavy atom. The molecule has 110 valence electrons. The molecule has 0 spiro atoms. The number of anilines is 1. The molecule has 1 aliphatic heterocycles. The minimum atomic E-state index is -0.327. The molecule has 1 atom stereocenters. The van der Waals surface area contributed by atoms with Gasteiger partial charge in [0.25, 0.3) is 0 Å². The maximum absolute atomic E-state index is 11.7. The number of carbonyl (C=O) groups is 1. The zero-order valence-electron chi connectivity index (χ0n) is 12.1. The van der Waals surface area contributed by atoms with E-state index < -0.39 is 0 Å². The van der Waals surface area contributed by atoms with E-state index in [4.69, 9.17) is 17.0 Å². The Morgan fingerprint density at radius 2 is 2.35 bits per heavy atom. The number of nitrogens with zero attached hydrogens (tertiary/aromatic N) is 1. The van der Waals surface area contributed by atoms with Gasteiger partial charge in [0, 0.05) is 18.0 Å². The number of hydrogen-bond donors (Lipinski definition) is 1. The van der Waals surface area contributed by atoms with E-state index in [0.29, 0.717) is 16.6 Å². The van der Waals surface area contributed by atoms with Gasteiger partial charge in [-0.1, -0.05) is 6.92 Å². The third kappa shape index (κ3) is 3.49. The van der Waals surface area contributed by atoms with E-state index in [1.807, 2.05) is 13.0 Å². The van der Waals surface area contributed by atoms with Crippen molar-refractivity contribution in [3.63, 3.8) is 0 Å². The Balaban J connectivity index is 2.09. The first-order valence-corrected chi connectivity index (χ1v) is 7.98. The quantitative estimate of drug-likeness (QED) is 0.670. The van der Waals surface area contributed by atoms with E-state index in [9.17, 15) is 4.79 Å². The van der Waals surface area contributed by atoms with Crippen molar-refractivity contribution >= 4 is 39.6 Å². The molecule has 0 amide bonds. The molecule has 1 fully saturated rings. The van der Waals surface area contributed by atoms with Gasteiger partial charge < -0.3 is 15.0 Å². The van der Waals surface area contributed by atoms with Crippen molar-refractivity contribution in [2.75, 3.05) is 25.5 Å². The lowest BCUT2D eigenvalue weighted by molar-refractivity contribution is 0.0602. The van der Waals surface area contributed by atoms with Crippen LogP contribution in [0.25, 0.3) is 0 Å². The number of esters is 1. The molecule has 0 bridgehead atoms. The van der Waals surface area contributed by atoms with Gasteiger partial charge in [-0.25, -0.2) is 4.79 Å². The van der Waals surface area contributed by atoms with Gasteiger partial charge in [-0.15, -0.1) is 11.3 Å². The SMILES string of the molecule is COC(=O)c1cc(C)sc1NC(=S)N1CCC[C@@H](C)C1. The van der Waals surface area contributed by atoms with Gasteiger partial charge in [0.05, 0.1) is 12.7 Å². The van der Waals surface area contributed by atoms with Crippen LogP contribution in [0.1, 0.15) is 35.0 Å². The number of nitrogens with one attached hydrogen (secondary N) is 1. The molecule has 2 heterocycles. The lowest BCUT2D eigenvalue weighted by Gasteiger charge is -2.32. The van der Waals surface area contributed by atoms with Crippen molar-refractivity contribution in [2.24, 2.45) is 5.92 Å². The normalized spacial score (nSPS) is 18.8. The predicted molar refractivity (Wildman–Crippen MR) is 86.6 cm³/mol. The number of rotatable bonds is 2. The predicted octanol–water partition coefficient (Wildman–Crippen LogP) is 3.27. The molecule has 2 rings (SSSR count). The molecule has 0 unspecified atom stereocenters. The lowest BCUT2D eigenvalue weighted by Crippen LogP contribution is -2.41. The molecule has 20 heavy (non-hydrogen) atoms. The van der Waals surface area contributed by atoms with Crippen LogP contribution < -0.4 is 5.32 Å². The van der Waals surface area contributed by atoms with Crippen LogP contribution in [0, 0.1) is 12.8 Å². The van der Waals surface area contributed by atoms with Crippen molar-refractivity contribution in [3.8, 4) is 0 Å². The summed E-state index contributed by atoms with van der Waals surface area (Å²) in [4.78, 5) is 15.0. The summed E-state index contributed by atoms with van der Waals surface area (Å²) < 4.78 is 4.81. The van der Waals surface area contributed by atoms with Crippen LogP contribution in [0.3, 0.4) is 0 Å². The average Bonchev–Trinajstić information content (AvgIpc) is 2.78. The number of hydrogen-bond acceptors (Lipinski definition) is 4. The van der Waals surface area contributed by atoms with E-state index in [1.165, 1.54) is 24.9 Å². The smallest absolute Gasteiger partial charge is 0.340 e. The second-order valence-corrected chi connectivity index (χ2v) is 6.86. The Hall–Kier alpha value is -1.14. The molecule has 0 saturated carbocycles. The summed E-state index contributed by atoms with van der Waals surface area (Å²) >= 11 is 7.00. The van der Waals surface area contributed by atoms with Crippen LogP contribution in [0.4, 0.5) is 5.00 Å². The minimum Gasteiger partial charge on any atom is -0.465 e. The molecule has 1 saturated heterocycles. The topological polar surface area (TPSA) is 41.6 Å². The minimum absolute atomic E-state index is 0.327. The van der Waals surface area contributed by atoms with E-state index in [-0.39, 0.29) is 5.97 Å². The molecular formula is C14H20N2O2S2. The second kappa shape index (κ2) is 6.54. The summed E-state index contributed by atoms with van der Waals surface area (Å²) in [6, 6.07) is 1.83. The summed E-state index contributed by atoms with van der Waals surface area (Å²) in [6.45, 7) is 6.16. The first-order valence-electron chi connectivity index (χ1n) is 6.76. The maximum atomic E-state index is 11.7. The fraction of sp³-hybridized carbons (Fsp3) is 0.571. The van der Waals surface area contributed by atoms with Crippen LogP contribution in [-0.2, 0) is 4.74 Å². The fourth-order valence-corrected chi connectivity index (χ4v) is 3.65. The molecule has 1 aromatic heterocycles. The second-order valence-electron chi connectivity index (χ2n) is 5.21. The molecule has 0 aromatic carbocycles. The maximum Gasteiger partial charge on any atom is 0.340 e. The highest BCUT2D eigenvalue weighted by Crippen LogP contribution is 2.29. The largest absolute Gasteiger partial charge is 0.465 e. The van der Waals surface area contributed by atoms with Crippen LogP contribution >= 0.6 is 23.6 Å². The molecule has 1 aromatic rings. The zero-order valence-corrected chi connectivity index (χ0v) is 13.7. The number of thiophene rings is 1. The van der Waals surface area contributed by atoms with Crippen molar-refractivity contribution in [1.82, 2.24) is 4.90 Å². The number of thiocarbonyl (C=S) groups is 1. The van der Waals surface area contributed by atoms with Gasteiger partial charge in [0.15, 0.2) is 5.11 Å². The van der Waals surface area contributed by atoms with Gasteiger partial charge in [-0.3, -0.25) is 0 Å². The first-order chi connectivity index (χ1) is 9.51. The molecular weight excluding hydrogens is 292 g/mol. The van der Waals surface area contributed by atoms with Crippen molar-refractivity contribution < 1.29 is 9.53 Å². The summed E-state index contributed by atoms with van der Waals surface area (Å²) in [6.07, 6.45) is 2.42. The van der Waals surface area contributed by atoms with Crippen molar-refractivity contribution in [3.05, 3.63) is 16.5 Å². The van der Waals surface area contributed by atoms with E-state index in [0.717, 1.165) is 29.4 Å². The molecule has 0 radical (unpaired) electrons. The number of likely N-dealkylation sites (tertiary alicyclic amines) is 1. The van der Waals surface area contributed by atoms with Gasteiger partial charge in [0.1, 0.15) is 5.00 Å². The van der Waals surface area contributed by atoms with Gasteiger partial charge in [0.2, 0.25) is 0 Å². The molecule has 1 aliphatic rings. The fourth-order valence-electron chi connectivity index (χ4n) is 2.42. The van der Waals surface area contributed by atoms with Crippen molar-refractivity contribution in [1.29, 1.82) is 0 Å². The van der Waals surface area contributed by atoms with Gasteiger partial charge in [-0.2, -0.15) is 0 Å². The summed E-state index contributed by atoms with van der Waals surface area (Å²) in [5, 5.41) is 4.69. The average molecular weight is 312 g/mol. The number of ether oxygens (including phenoxy) is 1. The highest BCUT2D eigenvalue weighted by molar-refractivity contribution is 7.80. The van der Waals surface area contributed by atoms with Crippen LogP contribution in [0.15, 0.2) is 6.07 Å². The van der Waals surface area contributed by atoms with Gasteiger partial charge in [-0.05, 0) is 44.0 Å². The Labute approximate surface area is 129 Å². The van der Waals surface area contributed by atoms with Gasteiger partial charge >= 0.3 is 5.97 Å². The number of carbonyl (C=O) groups excluding carboxylic acids is 1. The Morgan fingerprint density at radius 3 is 3.00 bits per heavy atom. The van der Waals surface area contributed by atoms with Crippen LogP contribution in [-0.4, -0.2) is 36.2 Å². The first kappa shape index (κ1) is 15.3. The number of aryl methyl sites for hydroxylation is 1. The van der Waals surface area contributed by atoms with Crippen LogP contribution in [0.5, 0.6) is 0 Å². The standard InChI is InChI=1S/C14H20N2O2S2/c1-9-5-4-6-16(8-9)14(19)15-12-11(13(17)18-3)7-10(2)20-12/h7,9H,4-6,8H2,1-3H3,(H,15,19)/t9-/m1/s1. The number of methoxy groups -OCH3 is 1. The Bertz CT molecular complexity index is 513. The summed E-state index contributed by atoms with van der Waals surface area (Å²) in [5.41, 5.74) is 0.558. The van der Waals surface area contributed by atoms with Crippen molar-refractivity contribution in [2.45, 2.75) is 26.7 Å². The molecule has 6 heteroatoms. The molecule has 1 N–H and O–H groups in total. The van der Waals surface area contributed by atoms with E-state index >= 15 is 0 Å². The lowest BCUT2D eigenvalue weighted by atomic mass is 10.0. The zero-order chi connectivity index (χ0) is 14.7. The number of piperidine rings is 1. The van der Waals surface area contributed by atoms with E-state index in [1.54, 1.807) is 0 Å². The highest BCUT2D eigenvalue weighted by atomic mass is 32.1.